The minimum Gasteiger partial charge on any atom is -0.497 e. The second-order valence-electron chi connectivity index (χ2n) is 6.31. The van der Waals surface area contributed by atoms with Gasteiger partial charge in [0.05, 0.1) is 12.8 Å². The summed E-state index contributed by atoms with van der Waals surface area (Å²) in [5, 5.41) is 6.96. The van der Waals surface area contributed by atoms with E-state index in [2.05, 4.69) is 15.8 Å². The minimum absolute atomic E-state index is 0.0617. The van der Waals surface area contributed by atoms with Crippen molar-refractivity contribution in [2.45, 2.75) is 13.3 Å². The van der Waals surface area contributed by atoms with E-state index < -0.39 is 0 Å². The molecular formula is C21H21N3O3. The number of nitrogens with one attached hydrogen (secondary N) is 2. The molecule has 3 rings (SSSR count). The Morgan fingerprint density at radius 1 is 1.19 bits per heavy atom. The number of anilines is 1. The zero-order chi connectivity index (χ0) is 19.2. The largest absolute Gasteiger partial charge is 0.497 e. The van der Waals surface area contributed by atoms with Crippen LogP contribution in [0.2, 0.25) is 0 Å². The third-order valence-corrected chi connectivity index (χ3v) is 4.25. The smallest absolute Gasteiger partial charge is 0.248 e. The highest BCUT2D eigenvalue weighted by Crippen LogP contribution is 2.18. The third-order valence-electron chi connectivity index (χ3n) is 4.25. The van der Waals surface area contributed by atoms with Gasteiger partial charge < -0.3 is 10.1 Å². The molecule has 1 heterocycles. The zero-order valence-corrected chi connectivity index (χ0v) is 15.2. The van der Waals surface area contributed by atoms with Gasteiger partial charge >= 0.3 is 0 Å². The molecule has 1 aliphatic heterocycles. The average molecular weight is 363 g/mol. The maximum Gasteiger partial charge on any atom is 0.248 e. The fourth-order valence-electron chi connectivity index (χ4n) is 2.80. The summed E-state index contributed by atoms with van der Waals surface area (Å²) in [6, 6.07) is 14.8. The first-order valence-electron chi connectivity index (χ1n) is 8.65. The molecule has 1 aliphatic rings. The Morgan fingerprint density at radius 3 is 2.52 bits per heavy atom. The van der Waals surface area contributed by atoms with Gasteiger partial charge in [0, 0.05) is 24.1 Å². The van der Waals surface area contributed by atoms with Gasteiger partial charge in [-0.3, -0.25) is 9.59 Å². The van der Waals surface area contributed by atoms with Gasteiger partial charge in [0.25, 0.3) is 0 Å². The summed E-state index contributed by atoms with van der Waals surface area (Å²) in [5.41, 5.74) is 5.88. The maximum absolute atomic E-state index is 12.1. The molecule has 2 aromatic rings. The average Bonchev–Trinajstić information content (AvgIpc) is 2.68. The number of hydrogen-bond acceptors (Lipinski definition) is 4. The van der Waals surface area contributed by atoms with Gasteiger partial charge in [0.15, 0.2) is 0 Å². The van der Waals surface area contributed by atoms with E-state index in [1.165, 1.54) is 6.08 Å². The number of carbonyl (C=O) groups is 2. The zero-order valence-electron chi connectivity index (χ0n) is 15.2. The van der Waals surface area contributed by atoms with Crippen molar-refractivity contribution in [3.05, 3.63) is 65.7 Å². The summed E-state index contributed by atoms with van der Waals surface area (Å²) in [6.07, 6.45) is 3.65. The summed E-state index contributed by atoms with van der Waals surface area (Å²) in [6.45, 7) is 1.97. The lowest BCUT2D eigenvalue weighted by atomic mass is 9.94. The van der Waals surface area contributed by atoms with E-state index in [9.17, 15) is 9.59 Å². The third kappa shape index (κ3) is 4.82. The first-order chi connectivity index (χ1) is 13.0. The molecule has 0 saturated carbocycles. The van der Waals surface area contributed by atoms with Crippen molar-refractivity contribution < 1.29 is 14.3 Å². The molecule has 0 unspecified atom stereocenters. The van der Waals surface area contributed by atoms with Gasteiger partial charge in [-0.15, -0.1) is 0 Å². The molecule has 0 aromatic heterocycles. The summed E-state index contributed by atoms with van der Waals surface area (Å²) in [7, 11) is 1.61. The number of benzene rings is 2. The number of hydrazone groups is 1. The highest BCUT2D eigenvalue weighted by Gasteiger charge is 2.21. The highest BCUT2D eigenvalue weighted by molar-refractivity contribution is 6.06. The van der Waals surface area contributed by atoms with Crippen molar-refractivity contribution in [2.75, 3.05) is 12.4 Å². The van der Waals surface area contributed by atoms with E-state index >= 15 is 0 Å². The summed E-state index contributed by atoms with van der Waals surface area (Å²) in [4.78, 5) is 23.4. The number of rotatable bonds is 5. The Bertz CT molecular complexity index is 884. The van der Waals surface area contributed by atoms with E-state index in [1.54, 1.807) is 13.2 Å². The van der Waals surface area contributed by atoms with Gasteiger partial charge in [0.1, 0.15) is 5.75 Å². The number of hydrogen-bond donors (Lipinski definition) is 2. The van der Waals surface area contributed by atoms with Crippen LogP contribution in [0.15, 0.2) is 59.7 Å². The second-order valence-corrected chi connectivity index (χ2v) is 6.31. The van der Waals surface area contributed by atoms with E-state index in [4.69, 9.17) is 4.74 Å². The Kier molecular flexibility index (Phi) is 5.66. The summed E-state index contributed by atoms with van der Waals surface area (Å²) < 4.78 is 5.11. The van der Waals surface area contributed by atoms with Crippen LogP contribution < -0.4 is 15.5 Å². The first kappa shape index (κ1) is 18.4. The molecule has 2 aromatic carbocycles. The Morgan fingerprint density at radius 2 is 1.89 bits per heavy atom. The Labute approximate surface area is 157 Å². The standard InChI is InChI=1S/C21H21N3O3/c1-14-13-20(26)23-24-21(14)16-6-8-17(9-7-16)22-19(25)12-5-15-3-10-18(27-2)11-4-15/h3-12,14H,13H2,1-2H3,(H,22,25)(H,23,26)/b12-5-/t14-/m0/s1. The molecule has 2 N–H and O–H groups in total. The molecule has 0 bridgehead atoms. The van der Waals surface area contributed by atoms with E-state index in [1.807, 2.05) is 55.5 Å². The van der Waals surface area contributed by atoms with Crippen LogP contribution >= 0.6 is 0 Å². The van der Waals surface area contributed by atoms with Crippen LogP contribution in [0.5, 0.6) is 5.75 Å². The molecule has 6 heteroatoms. The van der Waals surface area contributed by atoms with Crippen molar-refractivity contribution in [2.24, 2.45) is 11.0 Å². The number of methoxy groups -OCH3 is 1. The summed E-state index contributed by atoms with van der Waals surface area (Å²) in [5.74, 6) is 0.549. The lowest BCUT2D eigenvalue weighted by Gasteiger charge is -2.19. The van der Waals surface area contributed by atoms with Crippen LogP contribution in [-0.4, -0.2) is 24.6 Å². The lowest BCUT2D eigenvalue weighted by Crippen LogP contribution is -2.31. The molecule has 1 atom stereocenters. The van der Waals surface area contributed by atoms with Crippen molar-refractivity contribution in [1.29, 1.82) is 0 Å². The van der Waals surface area contributed by atoms with Crippen molar-refractivity contribution in [3.8, 4) is 5.75 Å². The van der Waals surface area contributed by atoms with E-state index in [-0.39, 0.29) is 17.7 Å². The number of ether oxygens (including phenoxy) is 1. The van der Waals surface area contributed by atoms with Crippen LogP contribution in [0.3, 0.4) is 0 Å². The first-order valence-corrected chi connectivity index (χ1v) is 8.65. The second kappa shape index (κ2) is 8.31. The molecule has 6 nitrogen and oxygen atoms in total. The number of nitrogens with zero attached hydrogens (tertiary/aromatic N) is 1. The number of carbonyl (C=O) groups excluding carboxylic acids is 2. The molecule has 0 aliphatic carbocycles. The van der Waals surface area contributed by atoms with E-state index in [0.717, 1.165) is 22.6 Å². The van der Waals surface area contributed by atoms with Crippen molar-refractivity contribution >= 4 is 29.3 Å². The fraction of sp³-hybridized carbons (Fsp3) is 0.190. The van der Waals surface area contributed by atoms with Crippen LogP contribution in [0.25, 0.3) is 6.08 Å². The Hall–Kier alpha value is -3.41. The van der Waals surface area contributed by atoms with Crippen molar-refractivity contribution in [1.82, 2.24) is 5.43 Å². The molecule has 0 spiro atoms. The monoisotopic (exact) mass is 363 g/mol. The molecule has 138 valence electrons. The van der Waals surface area contributed by atoms with Gasteiger partial charge in [-0.05, 0) is 41.5 Å². The molecular weight excluding hydrogens is 342 g/mol. The molecule has 0 saturated heterocycles. The molecule has 27 heavy (non-hydrogen) atoms. The predicted octanol–water partition coefficient (Wildman–Crippen LogP) is 3.21. The van der Waals surface area contributed by atoms with Gasteiger partial charge in [-0.2, -0.15) is 5.10 Å². The van der Waals surface area contributed by atoms with Gasteiger partial charge in [-0.1, -0.05) is 31.2 Å². The Balaban J connectivity index is 1.61. The highest BCUT2D eigenvalue weighted by atomic mass is 16.5. The molecule has 2 amide bonds. The van der Waals surface area contributed by atoms with Crippen LogP contribution in [0.1, 0.15) is 24.5 Å². The lowest BCUT2D eigenvalue weighted by molar-refractivity contribution is -0.121. The topological polar surface area (TPSA) is 79.8 Å². The molecule has 0 fully saturated rings. The van der Waals surface area contributed by atoms with Gasteiger partial charge in [-0.25, -0.2) is 5.43 Å². The SMILES string of the molecule is COc1ccc(/C=C\C(=O)Nc2ccc(C3=NNC(=O)C[C@@H]3C)cc2)cc1. The summed E-state index contributed by atoms with van der Waals surface area (Å²) >= 11 is 0. The van der Waals surface area contributed by atoms with Crippen molar-refractivity contribution in [3.63, 3.8) is 0 Å². The quantitative estimate of drug-likeness (QED) is 0.801. The van der Waals surface area contributed by atoms with E-state index in [0.29, 0.717) is 12.1 Å². The van der Waals surface area contributed by atoms with Crippen LogP contribution in [0, 0.1) is 5.92 Å². The normalized spacial score (nSPS) is 16.6. The fourth-order valence-corrected chi connectivity index (χ4v) is 2.80. The van der Waals surface area contributed by atoms with Crippen LogP contribution in [0.4, 0.5) is 5.69 Å². The number of amides is 2. The van der Waals surface area contributed by atoms with Crippen LogP contribution in [-0.2, 0) is 9.59 Å². The van der Waals surface area contributed by atoms with Gasteiger partial charge in [0.2, 0.25) is 11.8 Å². The predicted molar refractivity (Wildman–Crippen MR) is 106 cm³/mol. The molecule has 0 radical (unpaired) electrons. The maximum atomic E-state index is 12.1. The minimum atomic E-state index is -0.214.